The van der Waals surface area contributed by atoms with Gasteiger partial charge in [0.15, 0.2) is 0 Å². The number of benzene rings is 4. The van der Waals surface area contributed by atoms with Gasteiger partial charge < -0.3 is 0 Å². The molecule has 4 aromatic carbocycles. The first kappa shape index (κ1) is 24.8. The molecule has 8 heteroatoms. The summed E-state index contributed by atoms with van der Waals surface area (Å²) >= 11 is 25.7. The van der Waals surface area contributed by atoms with E-state index in [-0.39, 0.29) is 27.4 Å². The molecule has 0 fully saturated rings. The molecule has 38 heavy (non-hydrogen) atoms. The maximum absolute atomic E-state index is 13.9. The highest BCUT2D eigenvalue weighted by Gasteiger charge is 2.35. The molecule has 5 aromatic rings. The fourth-order valence-corrected chi connectivity index (χ4v) is 5.90. The Hall–Kier alpha value is -3.54. The van der Waals surface area contributed by atoms with Gasteiger partial charge in [-0.2, -0.15) is 0 Å². The molecule has 0 aliphatic carbocycles. The molecule has 0 atom stereocenters. The van der Waals surface area contributed by atoms with Crippen molar-refractivity contribution in [1.82, 2.24) is 4.57 Å². The minimum Gasteiger partial charge on any atom is -0.282 e. The van der Waals surface area contributed by atoms with E-state index in [1.165, 1.54) is 9.47 Å². The third kappa shape index (κ3) is 3.93. The largest absolute Gasteiger partial charge is 0.282 e. The van der Waals surface area contributed by atoms with Crippen LogP contribution >= 0.6 is 46.4 Å². The van der Waals surface area contributed by atoms with Crippen LogP contribution in [0.15, 0.2) is 91.1 Å². The number of rotatable bonds is 3. The van der Waals surface area contributed by atoms with Gasteiger partial charge in [-0.25, -0.2) is 0 Å². The number of carbonyl (C=O) groups excluding carboxylic acids is 2. The first-order valence-electron chi connectivity index (χ1n) is 11.5. The number of nitrogens with zero attached hydrogens (tertiary/aromatic N) is 2. The van der Waals surface area contributed by atoms with Crippen molar-refractivity contribution in [3.63, 3.8) is 0 Å². The summed E-state index contributed by atoms with van der Waals surface area (Å²) in [5, 5.41) is 2.03. The number of para-hydroxylation sites is 3. The van der Waals surface area contributed by atoms with E-state index in [1.54, 1.807) is 48.7 Å². The van der Waals surface area contributed by atoms with E-state index in [2.05, 4.69) is 0 Å². The van der Waals surface area contributed by atoms with Crippen LogP contribution in [0.1, 0.15) is 21.5 Å². The Morgan fingerprint density at radius 2 is 1.32 bits per heavy atom. The van der Waals surface area contributed by atoms with Crippen molar-refractivity contribution < 1.29 is 9.59 Å². The second kappa shape index (κ2) is 9.64. The number of fused-ring (bicyclic) bond motifs is 2. The van der Waals surface area contributed by atoms with Crippen molar-refractivity contribution in [1.29, 1.82) is 0 Å². The third-order valence-corrected chi connectivity index (χ3v) is 7.71. The molecule has 1 amide bonds. The van der Waals surface area contributed by atoms with Gasteiger partial charge in [0.2, 0.25) is 0 Å². The molecule has 0 spiro atoms. The molecule has 186 valence electrons. The van der Waals surface area contributed by atoms with Gasteiger partial charge in [-0.05, 0) is 42.5 Å². The number of carbonyl (C=O) groups is 2. The zero-order valence-corrected chi connectivity index (χ0v) is 22.5. The predicted molar refractivity (Wildman–Crippen MR) is 156 cm³/mol. The van der Waals surface area contributed by atoms with Crippen molar-refractivity contribution in [2.24, 2.45) is 0 Å². The molecule has 0 saturated heterocycles. The maximum Gasteiger partial charge on any atom is 0.265 e. The Morgan fingerprint density at radius 1 is 0.711 bits per heavy atom. The number of hydrogen-bond donors (Lipinski definition) is 0. The van der Waals surface area contributed by atoms with Crippen LogP contribution in [0, 0.1) is 0 Å². The van der Waals surface area contributed by atoms with E-state index in [0.717, 1.165) is 10.9 Å². The van der Waals surface area contributed by atoms with Crippen molar-refractivity contribution in [2.45, 2.75) is 0 Å². The summed E-state index contributed by atoms with van der Waals surface area (Å²) in [5.41, 5.74) is 3.81. The Labute approximate surface area is 238 Å². The summed E-state index contributed by atoms with van der Waals surface area (Å²) in [4.78, 5) is 29.0. The SMILES string of the molecule is O=C1/C(=C\c2cn(C(=O)c3c(Cl)cccc3Cl)c3ccccc23)c2ccccc2N1c1c(Cl)cccc1Cl. The van der Waals surface area contributed by atoms with Gasteiger partial charge in [0.25, 0.3) is 11.8 Å². The van der Waals surface area contributed by atoms with Crippen LogP contribution < -0.4 is 4.90 Å². The normalized spacial score (nSPS) is 13.9. The topological polar surface area (TPSA) is 42.3 Å². The van der Waals surface area contributed by atoms with Crippen molar-refractivity contribution in [2.75, 3.05) is 4.90 Å². The zero-order valence-electron chi connectivity index (χ0n) is 19.5. The number of halogens is 4. The lowest BCUT2D eigenvalue weighted by atomic mass is 10.0. The van der Waals surface area contributed by atoms with Crippen LogP contribution in [0.4, 0.5) is 11.4 Å². The highest BCUT2D eigenvalue weighted by atomic mass is 35.5. The van der Waals surface area contributed by atoms with Crippen molar-refractivity contribution in [3.05, 3.63) is 128 Å². The fourth-order valence-electron chi connectivity index (χ4n) is 4.77. The van der Waals surface area contributed by atoms with Crippen LogP contribution in [-0.4, -0.2) is 16.4 Å². The van der Waals surface area contributed by atoms with Gasteiger partial charge >= 0.3 is 0 Å². The molecule has 1 aromatic heterocycles. The monoisotopic (exact) mass is 576 g/mol. The van der Waals surface area contributed by atoms with E-state index in [9.17, 15) is 9.59 Å². The lowest BCUT2D eigenvalue weighted by molar-refractivity contribution is -0.112. The van der Waals surface area contributed by atoms with Crippen LogP contribution in [0.5, 0.6) is 0 Å². The lowest BCUT2D eigenvalue weighted by Crippen LogP contribution is -2.21. The summed E-state index contributed by atoms with van der Waals surface area (Å²) in [7, 11) is 0. The Balaban J connectivity index is 1.54. The Morgan fingerprint density at radius 3 is 2.03 bits per heavy atom. The fraction of sp³-hybridized carbons (Fsp3) is 0. The molecule has 2 heterocycles. The van der Waals surface area contributed by atoms with Gasteiger partial charge in [-0.15, -0.1) is 0 Å². The Bertz CT molecular complexity index is 1780. The number of aromatic nitrogens is 1. The molecule has 1 aliphatic rings. The summed E-state index contributed by atoms with van der Waals surface area (Å²) in [6.07, 6.45) is 3.48. The molecular formula is C30H16Cl4N2O2. The third-order valence-electron chi connectivity index (χ3n) is 6.47. The standard InChI is InChI=1S/C30H16Cl4N2O2/c31-21-9-5-10-22(32)27(21)30(38)35-16-17(18-7-1-3-13-25(18)35)15-20-19-8-2-4-14-26(19)36(29(20)37)28-23(33)11-6-12-24(28)34/h1-16H/b20-15-. The summed E-state index contributed by atoms with van der Waals surface area (Å²) in [6, 6.07) is 24.9. The minimum absolute atomic E-state index is 0.206. The van der Waals surface area contributed by atoms with Gasteiger partial charge in [-0.3, -0.25) is 19.1 Å². The molecule has 6 rings (SSSR count). The first-order chi connectivity index (χ1) is 18.4. The van der Waals surface area contributed by atoms with Crippen molar-refractivity contribution in [3.8, 4) is 0 Å². The molecule has 0 radical (unpaired) electrons. The smallest absolute Gasteiger partial charge is 0.265 e. The van der Waals surface area contributed by atoms with Gasteiger partial charge in [0, 0.05) is 22.7 Å². The van der Waals surface area contributed by atoms with Gasteiger partial charge in [0.1, 0.15) is 0 Å². The Kier molecular flexibility index (Phi) is 6.29. The summed E-state index contributed by atoms with van der Waals surface area (Å²) in [6.45, 7) is 0. The molecule has 0 saturated carbocycles. The van der Waals surface area contributed by atoms with Gasteiger partial charge in [-0.1, -0.05) is 94.9 Å². The van der Waals surface area contributed by atoms with E-state index in [1.807, 2.05) is 48.5 Å². The van der Waals surface area contributed by atoms with E-state index in [4.69, 9.17) is 46.4 Å². The van der Waals surface area contributed by atoms with Crippen LogP contribution in [0.2, 0.25) is 20.1 Å². The van der Waals surface area contributed by atoms with E-state index >= 15 is 0 Å². The predicted octanol–water partition coefficient (Wildman–Crippen LogP) is 9.16. The molecule has 1 aliphatic heterocycles. The average Bonchev–Trinajstić information content (AvgIpc) is 3.40. The molecule has 0 unspecified atom stereocenters. The highest BCUT2D eigenvalue weighted by molar-refractivity contribution is 6.45. The minimum atomic E-state index is -0.371. The van der Waals surface area contributed by atoms with Crippen LogP contribution in [-0.2, 0) is 4.79 Å². The molecule has 0 N–H and O–H groups in total. The van der Waals surface area contributed by atoms with Crippen molar-refractivity contribution >= 4 is 92.1 Å². The highest BCUT2D eigenvalue weighted by Crippen LogP contribution is 2.47. The number of amides is 1. The average molecular weight is 578 g/mol. The quantitative estimate of drug-likeness (QED) is 0.201. The van der Waals surface area contributed by atoms with Gasteiger partial charge in [0.05, 0.1) is 48.1 Å². The van der Waals surface area contributed by atoms with E-state index < -0.39 is 0 Å². The summed E-state index contributed by atoms with van der Waals surface area (Å²) < 4.78 is 1.50. The van der Waals surface area contributed by atoms with Crippen LogP contribution in [0.3, 0.4) is 0 Å². The molecule has 0 bridgehead atoms. The molecule has 4 nitrogen and oxygen atoms in total. The summed E-state index contributed by atoms with van der Waals surface area (Å²) in [5.74, 6) is -0.650. The lowest BCUT2D eigenvalue weighted by Gasteiger charge is -2.20. The number of anilines is 2. The van der Waals surface area contributed by atoms with Crippen LogP contribution in [0.25, 0.3) is 22.6 Å². The maximum atomic E-state index is 13.9. The van der Waals surface area contributed by atoms with E-state index in [0.29, 0.717) is 38.1 Å². The number of hydrogen-bond acceptors (Lipinski definition) is 2. The first-order valence-corrected chi connectivity index (χ1v) is 13.1. The zero-order chi connectivity index (χ0) is 26.6. The second-order valence-electron chi connectivity index (χ2n) is 8.66. The molecular weight excluding hydrogens is 562 g/mol. The second-order valence-corrected chi connectivity index (χ2v) is 10.3.